The Labute approximate surface area is 107 Å². The highest BCUT2D eigenvalue weighted by Crippen LogP contribution is 2.12. The van der Waals surface area contributed by atoms with Gasteiger partial charge in [0.15, 0.2) is 0 Å². The Morgan fingerprint density at radius 3 is 2.67 bits per heavy atom. The van der Waals surface area contributed by atoms with Gasteiger partial charge >= 0.3 is 5.97 Å². The molecule has 0 aliphatic carbocycles. The molecular weight excluding hydrogens is 230 g/mol. The van der Waals surface area contributed by atoms with Gasteiger partial charge in [-0.05, 0) is 25.0 Å². The summed E-state index contributed by atoms with van der Waals surface area (Å²) in [6.07, 6.45) is 3.06. The molecule has 1 amide bonds. The molecule has 0 bridgehead atoms. The Balaban J connectivity index is 2.49. The van der Waals surface area contributed by atoms with Crippen LogP contribution >= 0.6 is 0 Å². The summed E-state index contributed by atoms with van der Waals surface area (Å²) in [7, 11) is 0. The number of carbonyl (C=O) groups excluding carboxylic acids is 2. The first kappa shape index (κ1) is 14.0. The molecule has 0 saturated heterocycles. The molecule has 1 aromatic carbocycles. The van der Waals surface area contributed by atoms with E-state index in [1.54, 1.807) is 6.07 Å². The van der Waals surface area contributed by atoms with Crippen LogP contribution in [0.5, 0.6) is 0 Å². The number of para-hydroxylation sites is 1. The van der Waals surface area contributed by atoms with E-state index in [0.29, 0.717) is 6.61 Å². The van der Waals surface area contributed by atoms with Crippen molar-refractivity contribution in [2.24, 2.45) is 0 Å². The Morgan fingerprint density at radius 1 is 1.28 bits per heavy atom. The van der Waals surface area contributed by atoms with Gasteiger partial charge in [-0.2, -0.15) is 0 Å². The molecule has 0 heterocycles. The van der Waals surface area contributed by atoms with Crippen LogP contribution < -0.4 is 5.32 Å². The molecule has 0 spiro atoms. The largest absolute Gasteiger partial charge is 0.463 e. The second-order valence-electron chi connectivity index (χ2n) is 3.81. The Kier molecular flexibility index (Phi) is 5.64. The number of aryl methyl sites for hydroxylation is 1. The molecule has 0 aliphatic heterocycles. The first-order valence-electron chi connectivity index (χ1n) is 5.85. The number of benzene rings is 1. The highest BCUT2D eigenvalue weighted by atomic mass is 16.5. The van der Waals surface area contributed by atoms with Crippen molar-refractivity contribution in [2.75, 3.05) is 11.9 Å². The van der Waals surface area contributed by atoms with Crippen molar-refractivity contribution in [3.63, 3.8) is 0 Å². The third-order valence-corrected chi connectivity index (χ3v) is 2.22. The lowest BCUT2D eigenvalue weighted by Crippen LogP contribution is -2.10. The molecule has 0 aliphatic rings. The van der Waals surface area contributed by atoms with Crippen LogP contribution in [0, 0.1) is 6.92 Å². The van der Waals surface area contributed by atoms with Gasteiger partial charge in [0.05, 0.1) is 6.61 Å². The summed E-state index contributed by atoms with van der Waals surface area (Å²) in [5, 5.41) is 2.69. The minimum Gasteiger partial charge on any atom is -0.463 e. The van der Waals surface area contributed by atoms with Gasteiger partial charge in [-0.25, -0.2) is 4.79 Å². The van der Waals surface area contributed by atoms with Gasteiger partial charge in [0.1, 0.15) is 0 Å². The highest BCUT2D eigenvalue weighted by Gasteiger charge is 2.02. The van der Waals surface area contributed by atoms with Crippen molar-refractivity contribution in [1.29, 1.82) is 0 Å². The minimum absolute atomic E-state index is 0.349. The summed E-state index contributed by atoms with van der Waals surface area (Å²) in [4.78, 5) is 22.7. The molecule has 4 nitrogen and oxygen atoms in total. The highest BCUT2D eigenvalue weighted by molar-refractivity contribution is 6.02. The molecule has 0 saturated carbocycles. The molecule has 0 fully saturated rings. The topological polar surface area (TPSA) is 55.4 Å². The summed E-state index contributed by atoms with van der Waals surface area (Å²) in [6.45, 7) is 4.17. The molecule has 0 aromatic heterocycles. The summed E-state index contributed by atoms with van der Waals surface area (Å²) < 4.78 is 4.81. The van der Waals surface area contributed by atoms with Crippen LogP contribution in [0.2, 0.25) is 0 Å². The van der Waals surface area contributed by atoms with E-state index in [1.807, 2.05) is 32.0 Å². The van der Waals surface area contributed by atoms with Crippen molar-refractivity contribution >= 4 is 17.6 Å². The number of hydrogen-bond donors (Lipinski definition) is 1. The van der Waals surface area contributed by atoms with E-state index in [9.17, 15) is 9.59 Å². The average molecular weight is 247 g/mol. The van der Waals surface area contributed by atoms with Gasteiger partial charge in [-0.3, -0.25) is 4.79 Å². The lowest BCUT2D eigenvalue weighted by atomic mass is 10.2. The van der Waals surface area contributed by atoms with Crippen LogP contribution in [0.15, 0.2) is 36.4 Å². The molecule has 4 heteroatoms. The van der Waals surface area contributed by atoms with Crippen LogP contribution in [0.1, 0.15) is 18.9 Å². The number of anilines is 1. The monoisotopic (exact) mass is 247 g/mol. The minimum atomic E-state index is -0.503. The Hall–Kier alpha value is -2.10. The van der Waals surface area contributed by atoms with E-state index in [1.165, 1.54) is 6.08 Å². The number of ether oxygens (including phenoxy) is 1. The number of nitrogens with one attached hydrogen (secondary N) is 1. The molecule has 0 atom stereocenters. The lowest BCUT2D eigenvalue weighted by Gasteiger charge is -2.05. The van der Waals surface area contributed by atoms with Gasteiger partial charge in [0, 0.05) is 17.8 Å². The van der Waals surface area contributed by atoms with E-state index in [2.05, 4.69) is 5.32 Å². The van der Waals surface area contributed by atoms with Crippen molar-refractivity contribution in [3.05, 3.63) is 42.0 Å². The number of carbonyl (C=O) groups is 2. The zero-order chi connectivity index (χ0) is 13.4. The predicted octanol–water partition coefficient (Wildman–Crippen LogP) is 2.44. The maximum Gasteiger partial charge on any atom is 0.330 e. The molecule has 96 valence electrons. The van der Waals surface area contributed by atoms with Crippen molar-refractivity contribution in [3.8, 4) is 0 Å². The molecule has 1 aromatic rings. The maximum absolute atomic E-state index is 11.5. The van der Waals surface area contributed by atoms with Crippen LogP contribution in [0.25, 0.3) is 0 Å². The molecule has 1 N–H and O–H groups in total. The second-order valence-corrected chi connectivity index (χ2v) is 3.81. The van der Waals surface area contributed by atoms with Crippen LogP contribution in [-0.4, -0.2) is 18.5 Å². The zero-order valence-electron chi connectivity index (χ0n) is 10.6. The fourth-order valence-electron chi connectivity index (χ4n) is 1.28. The summed E-state index contributed by atoms with van der Waals surface area (Å²) in [6, 6.07) is 7.43. The van der Waals surface area contributed by atoms with Crippen LogP contribution in [0.3, 0.4) is 0 Å². The van der Waals surface area contributed by atoms with Gasteiger partial charge < -0.3 is 10.1 Å². The van der Waals surface area contributed by atoms with E-state index in [4.69, 9.17) is 4.74 Å². The molecule has 0 radical (unpaired) electrons. The maximum atomic E-state index is 11.5. The van der Waals surface area contributed by atoms with E-state index in [-0.39, 0.29) is 5.91 Å². The number of amides is 1. The molecule has 18 heavy (non-hydrogen) atoms. The summed E-state index contributed by atoms with van der Waals surface area (Å²) in [5.74, 6) is -0.852. The third-order valence-electron chi connectivity index (χ3n) is 2.22. The summed E-state index contributed by atoms with van der Waals surface area (Å²) >= 11 is 0. The first-order valence-corrected chi connectivity index (χ1v) is 5.85. The Morgan fingerprint density at radius 2 is 2.00 bits per heavy atom. The normalized spacial score (nSPS) is 10.3. The number of hydrogen-bond acceptors (Lipinski definition) is 3. The molecule has 1 rings (SSSR count). The van der Waals surface area contributed by atoms with Crippen molar-refractivity contribution < 1.29 is 14.3 Å². The van der Waals surface area contributed by atoms with E-state index >= 15 is 0 Å². The Bertz CT molecular complexity index is 452. The van der Waals surface area contributed by atoms with E-state index in [0.717, 1.165) is 23.7 Å². The van der Waals surface area contributed by atoms with Gasteiger partial charge in [0.2, 0.25) is 5.91 Å². The first-order chi connectivity index (χ1) is 8.63. The molecular formula is C14H17NO3. The lowest BCUT2D eigenvalue weighted by molar-refractivity contribution is -0.137. The zero-order valence-corrected chi connectivity index (χ0v) is 10.6. The van der Waals surface area contributed by atoms with Crippen LogP contribution in [0.4, 0.5) is 5.69 Å². The van der Waals surface area contributed by atoms with Crippen molar-refractivity contribution in [2.45, 2.75) is 20.3 Å². The molecule has 0 unspecified atom stereocenters. The van der Waals surface area contributed by atoms with E-state index < -0.39 is 5.97 Å². The average Bonchev–Trinajstić information content (AvgIpc) is 2.36. The summed E-state index contributed by atoms with van der Waals surface area (Å²) in [5.41, 5.74) is 1.70. The number of esters is 1. The fourth-order valence-corrected chi connectivity index (χ4v) is 1.28. The van der Waals surface area contributed by atoms with Gasteiger partial charge in [-0.1, -0.05) is 25.1 Å². The van der Waals surface area contributed by atoms with Gasteiger partial charge in [0.25, 0.3) is 0 Å². The quantitative estimate of drug-likeness (QED) is 0.642. The second kappa shape index (κ2) is 7.27. The van der Waals surface area contributed by atoms with Crippen molar-refractivity contribution in [1.82, 2.24) is 0 Å². The predicted molar refractivity (Wildman–Crippen MR) is 70.2 cm³/mol. The standard InChI is InChI=1S/C14H17NO3/c1-3-10-18-14(17)9-8-13(16)15-12-7-5-4-6-11(12)2/h4-9H,3,10H2,1-2H3,(H,15,16)/b9-8-. The smallest absolute Gasteiger partial charge is 0.330 e. The third kappa shape index (κ3) is 4.82. The number of rotatable bonds is 5. The fraction of sp³-hybridized carbons (Fsp3) is 0.286. The van der Waals surface area contributed by atoms with Gasteiger partial charge in [-0.15, -0.1) is 0 Å². The SMILES string of the molecule is CCCOC(=O)/C=C\C(=O)Nc1ccccc1C. The van der Waals surface area contributed by atoms with Crippen LogP contribution in [-0.2, 0) is 14.3 Å².